The average Bonchev–Trinajstić information content (AvgIpc) is 2.83. The quantitative estimate of drug-likeness (QED) is 0.866. The second-order valence-corrected chi connectivity index (χ2v) is 4.42. The van der Waals surface area contributed by atoms with Crippen LogP contribution in [0.4, 0.5) is 4.39 Å². The number of amides is 1. The molecular formula is C14H15FN4O. The number of hydrogen-bond donors (Lipinski definition) is 1. The molecule has 0 saturated carbocycles. The summed E-state index contributed by atoms with van der Waals surface area (Å²) in [5, 5.41) is 6.69. The summed E-state index contributed by atoms with van der Waals surface area (Å²) in [6.45, 7) is 2.13. The van der Waals surface area contributed by atoms with Crippen LogP contribution in [0.5, 0.6) is 0 Å². The van der Waals surface area contributed by atoms with E-state index in [1.807, 2.05) is 0 Å². The zero-order valence-corrected chi connectivity index (χ0v) is 11.3. The maximum atomic E-state index is 12.7. The number of H-pyrrole nitrogens is 1. The van der Waals surface area contributed by atoms with Gasteiger partial charge in [0.15, 0.2) is 5.82 Å². The van der Waals surface area contributed by atoms with Crippen LogP contribution in [0.2, 0.25) is 0 Å². The van der Waals surface area contributed by atoms with Crippen molar-refractivity contribution in [3.63, 3.8) is 0 Å². The number of rotatable bonds is 4. The molecule has 0 atom stereocenters. The summed E-state index contributed by atoms with van der Waals surface area (Å²) in [5.74, 6) is 0.804. The molecule has 1 heterocycles. The van der Waals surface area contributed by atoms with Crippen LogP contribution in [0.25, 0.3) is 6.08 Å². The molecule has 1 aromatic heterocycles. The van der Waals surface area contributed by atoms with E-state index in [0.29, 0.717) is 18.2 Å². The van der Waals surface area contributed by atoms with Crippen molar-refractivity contribution in [3.05, 3.63) is 53.4 Å². The number of carbonyl (C=O) groups excluding carboxylic acids is 1. The van der Waals surface area contributed by atoms with Crippen LogP contribution >= 0.6 is 0 Å². The molecule has 0 saturated heterocycles. The molecule has 1 aromatic carbocycles. The first kappa shape index (κ1) is 13.9. The number of nitrogens with one attached hydrogen (secondary N) is 1. The molecule has 0 aliphatic rings. The minimum absolute atomic E-state index is 0.170. The number of halogens is 1. The Bertz CT molecular complexity index is 618. The van der Waals surface area contributed by atoms with E-state index in [-0.39, 0.29) is 11.7 Å². The van der Waals surface area contributed by atoms with E-state index in [9.17, 15) is 9.18 Å². The molecule has 2 rings (SSSR count). The summed E-state index contributed by atoms with van der Waals surface area (Å²) in [6, 6.07) is 5.92. The molecule has 0 unspecified atom stereocenters. The Morgan fingerprint density at radius 3 is 2.70 bits per heavy atom. The average molecular weight is 274 g/mol. The lowest BCUT2D eigenvalue weighted by molar-refractivity contribution is -0.125. The van der Waals surface area contributed by atoms with Crippen molar-refractivity contribution in [1.29, 1.82) is 0 Å². The van der Waals surface area contributed by atoms with Crippen LogP contribution in [-0.4, -0.2) is 33.0 Å². The van der Waals surface area contributed by atoms with Crippen LogP contribution in [0.15, 0.2) is 30.3 Å². The molecule has 1 N–H and O–H groups in total. The minimum atomic E-state index is -0.300. The molecule has 0 aliphatic carbocycles. The third kappa shape index (κ3) is 3.74. The molecule has 1 amide bonds. The first-order valence-corrected chi connectivity index (χ1v) is 6.11. The van der Waals surface area contributed by atoms with Crippen molar-refractivity contribution in [3.8, 4) is 0 Å². The Balaban J connectivity index is 1.95. The lowest BCUT2D eigenvalue weighted by Gasteiger charge is -2.12. The van der Waals surface area contributed by atoms with Gasteiger partial charge in [0, 0.05) is 13.1 Å². The lowest BCUT2D eigenvalue weighted by atomic mass is 10.2. The number of carbonyl (C=O) groups is 1. The fourth-order valence-electron chi connectivity index (χ4n) is 1.62. The highest BCUT2D eigenvalue weighted by Crippen LogP contribution is 2.05. The van der Waals surface area contributed by atoms with Crippen molar-refractivity contribution in [2.24, 2.45) is 0 Å². The lowest BCUT2D eigenvalue weighted by Crippen LogP contribution is -2.24. The molecule has 104 valence electrons. The molecule has 0 aliphatic heterocycles. The van der Waals surface area contributed by atoms with Gasteiger partial charge in [-0.2, -0.15) is 5.10 Å². The summed E-state index contributed by atoms with van der Waals surface area (Å²) in [5.41, 5.74) is 0.766. The van der Waals surface area contributed by atoms with E-state index in [2.05, 4.69) is 15.2 Å². The van der Waals surface area contributed by atoms with Crippen LogP contribution in [-0.2, 0) is 11.3 Å². The second kappa shape index (κ2) is 6.10. The van der Waals surface area contributed by atoms with Gasteiger partial charge in [-0.15, -0.1) is 0 Å². The van der Waals surface area contributed by atoms with Gasteiger partial charge in [0.1, 0.15) is 11.6 Å². The zero-order valence-electron chi connectivity index (χ0n) is 11.3. The van der Waals surface area contributed by atoms with Gasteiger partial charge in [0.25, 0.3) is 0 Å². The number of benzene rings is 1. The van der Waals surface area contributed by atoms with Gasteiger partial charge < -0.3 is 4.90 Å². The standard InChI is InChI=1S/C14H15FN4O/c1-10-16-13(18-17-10)9-19(2)14(20)8-5-11-3-6-12(15)7-4-11/h3-8H,9H2,1-2H3,(H,16,17,18). The fraction of sp³-hybridized carbons (Fsp3) is 0.214. The Morgan fingerprint density at radius 1 is 1.40 bits per heavy atom. The molecule has 0 spiro atoms. The summed E-state index contributed by atoms with van der Waals surface area (Å²) in [6.07, 6.45) is 3.08. The highest BCUT2D eigenvalue weighted by Gasteiger charge is 2.08. The van der Waals surface area contributed by atoms with E-state index >= 15 is 0 Å². The second-order valence-electron chi connectivity index (χ2n) is 4.42. The predicted molar refractivity (Wildman–Crippen MR) is 73.0 cm³/mol. The number of aryl methyl sites for hydroxylation is 1. The van der Waals surface area contributed by atoms with E-state index in [0.717, 1.165) is 5.56 Å². The number of aromatic amines is 1. The van der Waals surface area contributed by atoms with Crippen molar-refractivity contribution < 1.29 is 9.18 Å². The maximum Gasteiger partial charge on any atom is 0.246 e. The molecule has 0 bridgehead atoms. The van der Waals surface area contributed by atoms with Crippen molar-refractivity contribution >= 4 is 12.0 Å². The topological polar surface area (TPSA) is 61.9 Å². The van der Waals surface area contributed by atoms with Gasteiger partial charge in [0.2, 0.25) is 5.91 Å². The van der Waals surface area contributed by atoms with Gasteiger partial charge >= 0.3 is 0 Å². The van der Waals surface area contributed by atoms with Crippen LogP contribution in [0.3, 0.4) is 0 Å². The Hall–Kier alpha value is -2.50. The predicted octanol–water partition coefficient (Wildman–Crippen LogP) is 1.92. The number of hydrogen-bond acceptors (Lipinski definition) is 3. The van der Waals surface area contributed by atoms with Crippen molar-refractivity contribution in [1.82, 2.24) is 20.1 Å². The van der Waals surface area contributed by atoms with Crippen LogP contribution < -0.4 is 0 Å². The number of likely N-dealkylation sites (N-methyl/N-ethyl adjacent to an activating group) is 1. The van der Waals surface area contributed by atoms with Gasteiger partial charge in [-0.3, -0.25) is 9.89 Å². The largest absolute Gasteiger partial charge is 0.335 e. The maximum absolute atomic E-state index is 12.7. The van der Waals surface area contributed by atoms with E-state index in [1.165, 1.54) is 23.1 Å². The first-order valence-electron chi connectivity index (χ1n) is 6.11. The Kier molecular flexibility index (Phi) is 4.24. The third-order valence-corrected chi connectivity index (χ3v) is 2.69. The minimum Gasteiger partial charge on any atom is -0.335 e. The third-order valence-electron chi connectivity index (χ3n) is 2.69. The monoisotopic (exact) mass is 274 g/mol. The molecule has 0 radical (unpaired) electrons. The molecular weight excluding hydrogens is 259 g/mol. The SMILES string of the molecule is Cc1nc(CN(C)C(=O)C=Cc2ccc(F)cc2)n[nH]1. The van der Waals surface area contributed by atoms with Crippen molar-refractivity contribution in [2.45, 2.75) is 13.5 Å². The van der Waals surface area contributed by atoms with Gasteiger partial charge in [0.05, 0.1) is 6.54 Å². The highest BCUT2D eigenvalue weighted by molar-refractivity contribution is 5.91. The Morgan fingerprint density at radius 2 is 2.10 bits per heavy atom. The first-order chi connectivity index (χ1) is 9.54. The fourth-order valence-corrected chi connectivity index (χ4v) is 1.62. The van der Waals surface area contributed by atoms with E-state index < -0.39 is 0 Å². The molecule has 6 heteroatoms. The van der Waals surface area contributed by atoms with Crippen LogP contribution in [0.1, 0.15) is 17.2 Å². The molecule has 2 aromatic rings. The molecule has 5 nitrogen and oxygen atoms in total. The number of aromatic nitrogens is 3. The smallest absolute Gasteiger partial charge is 0.246 e. The van der Waals surface area contributed by atoms with Gasteiger partial charge in [-0.25, -0.2) is 9.37 Å². The summed E-state index contributed by atoms with van der Waals surface area (Å²) in [7, 11) is 1.67. The van der Waals surface area contributed by atoms with Crippen LogP contribution in [0, 0.1) is 12.7 Å². The summed E-state index contributed by atoms with van der Waals surface area (Å²) < 4.78 is 12.7. The highest BCUT2D eigenvalue weighted by atomic mass is 19.1. The van der Waals surface area contributed by atoms with E-state index in [1.54, 1.807) is 32.2 Å². The normalized spacial score (nSPS) is 10.9. The number of nitrogens with zero attached hydrogens (tertiary/aromatic N) is 3. The van der Waals surface area contributed by atoms with E-state index in [4.69, 9.17) is 0 Å². The van der Waals surface area contributed by atoms with Gasteiger partial charge in [-0.1, -0.05) is 12.1 Å². The van der Waals surface area contributed by atoms with Crippen molar-refractivity contribution in [2.75, 3.05) is 7.05 Å². The zero-order chi connectivity index (χ0) is 14.5. The molecule has 0 fully saturated rings. The summed E-state index contributed by atoms with van der Waals surface area (Å²) >= 11 is 0. The Labute approximate surface area is 116 Å². The summed E-state index contributed by atoms with van der Waals surface area (Å²) in [4.78, 5) is 17.5. The van der Waals surface area contributed by atoms with Gasteiger partial charge in [-0.05, 0) is 30.7 Å². The molecule has 20 heavy (non-hydrogen) atoms.